The van der Waals surface area contributed by atoms with Crippen LogP contribution >= 0.6 is 11.3 Å². The first-order valence-corrected chi connectivity index (χ1v) is 12.7. The maximum absolute atomic E-state index is 13.1. The number of nitrogens with zero attached hydrogens (tertiary/aromatic N) is 4. The summed E-state index contributed by atoms with van der Waals surface area (Å²) in [4.78, 5) is 37.1. The van der Waals surface area contributed by atoms with Gasteiger partial charge in [0, 0.05) is 34.6 Å². The molecule has 0 saturated carbocycles. The van der Waals surface area contributed by atoms with E-state index >= 15 is 0 Å². The van der Waals surface area contributed by atoms with E-state index in [0.717, 1.165) is 34.2 Å². The predicted molar refractivity (Wildman–Crippen MR) is 134 cm³/mol. The number of thiazole rings is 1. The number of carboxylic acid groups (broad SMARTS) is 1. The molecule has 0 atom stereocenters. The molecule has 0 fully saturated rings. The zero-order chi connectivity index (χ0) is 24.8. The van der Waals surface area contributed by atoms with Crippen LogP contribution in [-0.4, -0.2) is 43.0 Å². The summed E-state index contributed by atoms with van der Waals surface area (Å²) in [5, 5.41) is 11.4. The Balaban J connectivity index is 1.65. The first-order chi connectivity index (χ1) is 15.9. The third-order valence-corrected chi connectivity index (χ3v) is 7.91. The summed E-state index contributed by atoms with van der Waals surface area (Å²) in [6.07, 6.45) is 1.77. The molecular weight excluding hydrogens is 448 g/mol. The van der Waals surface area contributed by atoms with Gasteiger partial charge in [-0.2, -0.15) is 0 Å². The van der Waals surface area contributed by atoms with Crippen molar-refractivity contribution in [2.75, 3.05) is 6.54 Å². The fraction of sp³-hybridized carbons (Fsp3) is 0.538. The Labute approximate surface area is 204 Å². The van der Waals surface area contributed by atoms with Crippen molar-refractivity contribution < 1.29 is 14.7 Å². The summed E-state index contributed by atoms with van der Waals surface area (Å²) < 4.78 is 2.26. The average molecular weight is 483 g/mol. The van der Waals surface area contributed by atoms with Crippen molar-refractivity contribution in [3.63, 3.8) is 0 Å². The van der Waals surface area contributed by atoms with Crippen molar-refractivity contribution in [3.05, 3.63) is 44.2 Å². The second-order valence-electron chi connectivity index (χ2n) is 10.3. The number of fused-ring (bicyclic) bond motifs is 3. The van der Waals surface area contributed by atoms with E-state index in [4.69, 9.17) is 15.1 Å². The van der Waals surface area contributed by atoms with Crippen molar-refractivity contribution in [1.82, 2.24) is 19.4 Å². The smallest absolute Gasteiger partial charge is 0.303 e. The van der Waals surface area contributed by atoms with E-state index in [-0.39, 0.29) is 12.3 Å². The maximum Gasteiger partial charge on any atom is 0.303 e. The largest absolute Gasteiger partial charge is 0.481 e. The van der Waals surface area contributed by atoms with Crippen LogP contribution < -0.4 is 0 Å². The zero-order valence-electron chi connectivity index (χ0n) is 21.0. The Morgan fingerprint density at radius 2 is 1.91 bits per heavy atom. The summed E-state index contributed by atoms with van der Waals surface area (Å²) in [5.41, 5.74) is 6.23. The molecule has 0 radical (unpaired) electrons. The zero-order valence-corrected chi connectivity index (χ0v) is 21.8. The van der Waals surface area contributed by atoms with Gasteiger partial charge in [-0.25, -0.2) is 9.97 Å². The van der Waals surface area contributed by atoms with Crippen LogP contribution in [0.5, 0.6) is 0 Å². The Kier molecular flexibility index (Phi) is 6.55. The van der Waals surface area contributed by atoms with Crippen LogP contribution in [0.4, 0.5) is 0 Å². The Bertz CT molecular complexity index is 1270. The van der Waals surface area contributed by atoms with Gasteiger partial charge in [-0.15, -0.1) is 11.3 Å². The molecular formula is C26H34N4O3S. The number of carbonyl (C=O) groups is 2. The van der Waals surface area contributed by atoms with E-state index in [1.807, 2.05) is 32.6 Å². The molecule has 0 spiro atoms. The van der Waals surface area contributed by atoms with Crippen molar-refractivity contribution >= 4 is 34.2 Å². The number of amides is 1. The van der Waals surface area contributed by atoms with Crippen LogP contribution in [0.15, 0.2) is 6.07 Å². The number of carboxylic acids is 1. The van der Waals surface area contributed by atoms with E-state index in [1.54, 1.807) is 11.3 Å². The highest BCUT2D eigenvalue weighted by molar-refractivity contribution is 7.11. The highest BCUT2D eigenvalue weighted by Gasteiger charge is 2.30. The fourth-order valence-corrected chi connectivity index (χ4v) is 5.71. The number of hydrogen-bond donors (Lipinski definition) is 1. The number of aliphatic carboxylic acids is 1. The van der Waals surface area contributed by atoms with E-state index in [9.17, 15) is 9.59 Å². The van der Waals surface area contributed by atoms with Crippen LogP contribution in [0.25, 0.3) is 11.0 Å². The number of rotatable bonds is 7. The summed E-state index contributed by atoms with van der Waals surface area (Å²) in [6, 6.07) is 2.23. The van der Waals surface area contributed by atoms with Gasteiger partial charge in [0.1, 0.15) is 5.65 Å². The van der Waals surface area contributed by atoms with Crippen molar-refractivity contribution in [3.8, 4) is 0 Å². The summed E-state index contributed by atoms with van der Waals surface area (Å²) in [5.74, 6) is -0.739. The summed E-state index contributed by atoms with van der Waals surface area (Å²) in [6.45, 7) is 14.0. The van der Waals surface area contributed by atoms with Crippen molar-refractivity contribution in [1.29, 1.82) is 0 Å². The molecule has 0 unspecified atom stereocenters. The van der Waals surface area contributed by atoms with Crippen LogP contribution in [0.2, 0.25) is 0 Å². The van der Waals surface area contributed by atoms with Crippen molar-refractivity contribution in [2.45, 2.75) is 80.3 Å². The van der Waals surface area contributed by atoms with Gasteiger partial charge in [-0.3, -0.25) is 9.59 Å². The number of pyridine rings is 1. The Morgan fingerprint density at radius 3 is 2.56 bits per heavy atom. The Morgan fingerprint density at radius 1 is 1.18 bits per heavy atom. The molecule has 0 aromatic carbocycles. The van der Waals surface area contributed by atoms with Crippen LogP contribution in [0.3, 0.4) is 0 Å². The van der Waals surface area contributed by atoms with Gasteiger partial charge in [0.05, 0.1) is 30.2 Å². The normalized spacial score (nSPS) is 14.0. The molecule has 1 amide bonds. The first kappa shape index (κ1) is 24.4. The van der Waals surface area contributed by atoms with Gasteiger partial charge in [-0.05, 0) is 63.1 Å². The third-order valence-electron chi connectivity index (χ3n) is 6.98. The molecule has 0 aliphatic carbocycles. The fourth-order valence-electron chi connectivity index (χ4n) is 4.89. The predicted octanol–water partition coefficient (Wildman–Crippen LogP) is 4.94. The second-order valence-corrected chi connectivity index (χ2v) is 11.7. The van der Waals surface area contributed by atoms with Gasteiger partial charge < -0.3 is 14.6 Å². The van der Waals surface area contributed by atoms with Crippen LogP contribution in [0, 0.1) is 33.1 Å². The highest BCUT2D eigenvalue weighted by Crippen LogP contribution is 2.34. The quantitative estimate of drug-likeness (QED) is 0.515. The standard InChI is InChI=1S/C26H34N4O3S/c1-15-11-20-19-8-10-29(23(31)7-9-26(5,6)12-24(32)33)14-22(19)30(25(20)27-16(15)2)13-21-17(3)34-18(4)28-21/h11H,7-10,12-14H2,1-6H3,(H,32,33). The molecule has 3 aromatic rings. The van der Waals surface area contributed by atoms with Gasteiger partial charge in [0.25, 0.3) is 0 Å². The first-order valence-electron chi connectivity index (χ1n) is 11.9. The van der Waals surface area contributed by atoms with Gasteiger partial charge in [-0.1, -0.05) is 13.8 Å². The van der Waals surface area contributed by atoms with Gasteiger partial charge >= 0.3 is 5.97 Å². The van der Waals surface area contributed by atoms with Crippen LogP contribution in [0.1, 0.15) is 71.2 Å². The lowest BCUT2D eigenvalue weighted by molar-refractivity contribution is -0.140. The van der Waals surface area contributed by atoms with E-state index in [1.165, 1.54) is 21.4 Å². The lowest BCUT2D eigenvalue weighted by Gasteiger charge is -2.30. The summed E-state index contributed by atoms with van der Waals surface area (Å²) >= 11 is 1.71. The molecule has 182 valence electrons. The van der Waals surface area contributed by atoms with Gasteiger partial charge in [0.2, 0.25) is 5.91 Å². The van der Waals surface area contributed by atoms with Gasteiger partial charge in [0.15, 0.2) is 0 Å². The molecule has 4 heterocycles. The minimum Gasteiger partial charge on any atom is -0.481 e. The summed E-state index contributed by atoms with van der Waals surface area (Å²) in [7, 11) is 0. The van der Waals surface area contributed by atoms with E-state index in [0.29, 0.717) is 32.5 Å². The molecule has 1 aliphatic heterocycles. The molecule has 0 bridgehead atoms. The number of hydrogen-bond acceptors (Lipinski definition) is 5. The number of carbonyl (C=O) groups excluding carboxylic acids is 1. The molecule has 3 aromatic heterocycles. The molecule has 1 N–H and O–H groups in total. The monoisotopic (exact) mass is 482 g/mol. The SMILES string of the molecule is Cc1nc(Cn2c3c(c4cc(C)c(C)nc42)CCN(C(=O)CCC(C)(C)CC(=O)O)C3)c(C)s1. The molecule has 7 nitrogen and oxygen atoms in total. The Hall–Kier alpha value is -2.74. The number of aryl methyl sites for hydroxylation is 4. The second kappa shape index (κ2) is 9.13. The minimum atomic E-state index is -0.824. The van der Waals surface area contributed by atoms with Crippen LogP contribution in [-0.2, 0) is 29.1 Å². The lowest BCUT2D eigenvalue weighted by Crippen LogP contribution is -2.37. The van der Waals surface area contributed by atoms with E-state index < -0.39 is 11.4 Å². The van der Waals surface area contributed by atoms with Crippen molar-refractivity contribution in [2.24, 2.45) is 5.41 Å². The topological polar surface area (TPSA) is 88.3 Å². The maximum atomic E-state index is 13.1. The third kappa shape index (κ3) is 4.87. The molecule has 8 heteroatoms. The minimum absolute atomic E-state index is 0.0649. The molecule has 34 heavy (non-hydrogen) atoms. The molecule has 0 saturated heterocycles. The molecule has 1 aliphatic rings. The highest BCUT2D eigenvalue weighted by atomic mass is 32.1. The van der Waals surface area contributed by atoms with E-state index in [2.05, 4.69) is 24.5 Å². The number of aromatic nitrogens is 3. The molecule has 4 rings (SSSR count). The lowest BCUT2D eigenvalue weighted by atomic mass is 9.84. The average Bonchev–Trinajstić information content (AvgIpc) is 3.21.